The quantitative estimate of drug-likeness (QED) is 0.850. The highest BCUT2D eigenvalue weighted by atomic mass is 79.9. The summed E-state index contributed by atoms with van der Waals surface area (Å²) in [5.74, 6) is -0.280. The van der Waals surface area contributed by atoms with Crippen LogP contribution in [0.15, 0.2) is 45.5 Å². The molecule has 0 saturated heterocycles. The Hall–Kier alpha value is -1.40. The molecule has 0 unspecified atom stereocenters. The molecular weight excluding hydrogens is 362 g/mol. The van der Waals surface area contributed by atoms with Gasteiger partial charge in [-0.25, -0.2) is 4.98 Å². The molecule has 0 bridgehead atoms. The summed E-state index contributed by atoms with van der Waals surface area (Å²) in [6.45, 7) is 0. The van der Waals surface area contributed by atoms with Crippen LogP contribution in [0.2, 0.25) is 0 Å². The van der Waals surface area contributed by atoms with Gasteiger partial charge < -0.3 is 11.1 Å². The van der Waals surface area contributed by atoms with Crippen molar-refractivity contribution in [2.24, 2.45) is 0 Å². The second-order valence-electron chi connectivity index (χ2n) is 3.56. The summed E-state index contributed by atoms with van der Waals surface area (Å²) in [4.78, 5) is 15.9. The van der Waals surface area contributed by atoms with E-state index in [1.807, 2.05) is 12.1 Å². The standard InChI is InChI=1S/C12H9Br2N3O/c13-7-1-3-10(9(14)5-7)17-12(18)11-4-2-8(15)6-16-11/h1-6H,15H2,(H,17,18). The van der Waals surface area contributed by atoms with E-state index in [-0.39, 0.29) is 5.91 Å². The molecule has 0 spiro atoms. The SMILES string of the molecule is Nc1ccc(C(=O)Nc2ccc(Br)cc2Br)nc1. The molecule has 0 radical (unpaired) electrons. The van der Waals surface area contributed by atoms with Crippen LogP contribution in [0.4, 0.5) is 11.4 Å². The zero-order chi connectivity index (χ0) is 13.1. The van der Waals surface area contributed by atoms with E-state index in [0.29, 0.717) is 17.1 Å². The summed E-state index contributed by atoms with van der Waals surface area (Å²) in [5, 5.41) is 2.76. The summed E-state index contributed by atoms with van der Waals surface area (Å²) >= 11 is 6.72. The van der Waals surface area contributed by atoms with Crippen molar-refractivity contribution in [2.45, 2.75) is 0 Å². The molecule has 1 amide bonds. The largest absolute Gasteiger partial charge is 0.397 e. The van der Waals surface area contributed by atoms with Crippen LogP contribution >= 0.6 is 31.9 Å². The van der Waals surface area contributed by atoms with Crippen molar-refractivity contribution < 1.29 is 4.79 Å². The van der Waals surface area contributed by atoms with E-state index in [1.165, 1.54) is 6.20 Å². The lowest BCUT2D eigenvalue weighted by atomic mass is 10.3. The maximum Gasteiger partial charge on any atom is 0.274 e. The molecule has 4 nitrogen and oxygen atoms in total. The summed E-state index contributed by atoms with van der Waals surface area (Å²) < 4.78 is 1.72. The minimum atomic E-state index is -0.280. The number of nitrogens with one attached hydrogen (secondary N) is 1. The van der Waals surface area contributed by atoms with Gasteiger partial charge in [-0.05, 0) is 46.3 Å². The minimum Gasteiger partial charge on any atom is -0.397 e. The zero-order valence-corrected chi connectivity index (χ0v) is 12.3. The Morgan fingerprint density at radius 3 is 2.61 bits per heavy atom. The van der Waals surface area contributed by atoms with Gasteiger partial charge in [0, 0.05) is 8.95 Å². The van der Waals surface area contributed by atoms with Crippen LogP contribution in [-0.2, 0) is 0 Å². The molecule has 2 rings (SSSR count). The van der Waals surface area contributed by atoms with E-state index in [4.69, 9.17) is 5.73 Å². The Balaban J connectivity index is 2.18. The lowest BCUT2D eigenvalue weighted by molar-refractivity contribution is 0.102. The van der Waals surface area contributed by atoms with E-state index in [0.717, 1.165) is 8.95 Å². The third-order valence-corrected chi connectivity index (χ3v) is 3.35. The van der Waals surface area contributed by atoms with Crippen LogP contribution in [0.25, 0.3) is 0 Å². The van der Waals surface area contributed by atoms with Crippen LogP contribution in [0.1, 0.15) is 10.5 Å². The number of halogens is 2. The number of rotatable bonds is 2. The molecule has 0 aliphatic heterocycles. The molecule has 1 aromatic carbocycles. The predicted octanol–water partition coefficient (Wildman–Crippen LogP) is 3.44. The van der Waals surface area contributed by atoms with Crippen molar-refractivity contribution in [3.63, 3.8) is 0 Å². The van der Waals surface area contributed by atoms with Gasteiger partial charge in [-0.1, -0.05) is 15.9 Å². The number of nitrogens with two attached hydrogens (primary N) is 1. The maximum atomic E-state index is 11.9. The second kappa shape index (κ2) is 5.49. The number of carbonyl (C=O) groups excluding carboxylic acids is 1. The van der Waals surface area contributed by atoms with E-state index in [9.17, 15) is 4.79 Å². The van der Waals surface area contributed by atoms with Gasteiger partial charge in [0.05, 0.1) is 17.6 Å². The molecule has 0 fully saturated rings. The molecule has 92 valence electrons. The third kappa shape index (κ3) is 3.08. The van der Waals surface area contributed by atoms with Crippen molar-refractivity contribution in [3.05, 3.63) is 51.2 Å². The number of aromatic nitrogens is 1. The van der Waals surface area contributed by atoms with E-state index in [1.54, 1.807) is 18.2 Å². The molecule has 0 aliphatic carbocycles. The number of benzene rings is 1. The van der Waals surface area contributed by atoms with Gasteiger partial charge in [0.25, 0.3) is 5.91 Å². The van der Waals surface area contributed by atoms with Gasteiger partial charge in [-0.3, -0.25) is 4.79 Å². The first-order valence-electron chi connectivity index (χ1n) is 5.04. The Kier molecular flexibility index (Phi) is 3.98. The molecule has 0 saturated carbocycles. The van der Waals surface area contributed by atoms with E-state index < -0.39 is 0 Å². The molecule has 3 N–H and O–H groups in total. The fraction of sp³-hybridized carbons (Fsp3) is 0. The molecule has 1 aromatic heterocycles. The smallest absolute Gasteiger partial charge is 0.274 e. The van der Waals surface area contributed by atoms with Crippen molar-refractivity contribution in [3.8, 4) is 0 Å². The van der Waals surface area contributed by atoms with Crippen LogP contribution < -0.4 is 11.1 Å². The highest BCUT2D eigenvalue weighted by Gasteiger charge is 2.09. The normalized spacial score (nSPS) is 10.1. The van der Waals surface area contributed by atoms with Crippen LogP contribution in [-0.4, -0.2) is 10.9 Å². The fourth-order valence-electron chi connectivity index (χ4n) is 1.32. The molecule has 0 aliphatic rings. The van der Waals surface area contributed by atoms with Gasteiger partial charge in [-0.2, -0.15) is 0 Å². The fourth-order valence-corrected chi connectivity index (χ4v) is 2.46. The van der Waals surface area contributed by atoms with Gasteiger partial charge in [0.15, 0.2) is 0 Å². The average molecular weight is 371 g/mol. The molecule has 6 heteroatoms. The van der Waals surface area contributed by atoms with Crippen LogP contribution in [0.3, 0.4) is 0 Å². The highest BCUT2D eigenvalue weighted by Crippen LogP contribution is 2.26. The number of nitrogens with zero attached hydrogens (tertiary/aromatic N) is 1. The second-order valence-corrected chi connectivity index (χ2v) is 5.33. The predicted molar refractivity (Wildman–Crippen MR) is 78.4 cm³/mol. The van der Waals surface area contributed by atoms with Crippen LogP contribution in [0.5, 0.6) is 0 Å². The maximum absolute atomic E-state index is 11.9. The topological polar surface area (TPSA) is 68.0 Å². The summed E-state index contributed by atoms with van der Waals surface area (Å²) in [5.41, 5.74) is 7.04. The summed E-state index contributed by atoms with van der Waals surface area (Å²) in [7, 11) is 0. The molecule has 0 atom stereocenters. The van der Waals surface area contributed by atoms with Crippen molar-refractivity contribution in [2.75, 3.05) is 11.1 Å². The highest BCUT2D eigenvalue weighted by molar-refractivity contribution is 9.11. The number of pyridine rings is 1. The van der Waals surface area contributed by atoms with Gasteiger partial charge in [-0.15, -0.1) is 0 Å². The van der Waals surface area contributed by atoms with E-state index in [2.05, 4.69) is 42.2 Å². The number of nitrogen functional groups attached to an aromatic ring is 1. The Labute approximate surface area is 121 Å². The zero-order valence-electron chi connectivity index (χ0n) is 9.15. The van der Waals surface area contributed by atoms with Crippen LogP contribution in [0, 0.1) is 0 Å². The number of carbonyl (C=O) groups is 1. The van der Waals surface area contributed by atoms with Crippen molar-refractivity contribution in [1.82, 2.24) is 4.98 Å². The lowest BCUT2D eigenvalue weighted by Gasteiger charge is -2.07. The monoisotopic (exact) mass is 369 g/mol. The third-order valence-electron chi connectivity index (χ3n) is 2.20. The lowest BCUT2D eigenvalue weighted by Crippen LogP contribution is -2.14. The van der Waals surface area contributed by atoms with Crippen molar-refractivity contribution in [1.29, 1.82) is 0 Å². The van der Waals surface area contributed by atoms with Gasteiger partial charge in [0.1, 0.15) is 5.69 Å². The number of anilines is 2. The molecule has 18 heavy (non-hydrogen) atoms. The minimum absolute atomic E-state index is 0.280. The Morgan fingerprint density at radius 1 is 1.22 bits per heavy atom. The Morgan fingerprint density at radius 2 is 2.00 bits per heavy atom. The Bertz CT molecular complexity index is 584. The molecular formula is C12H9Br2N3O. The van der Waals surface area contributed by atoms with E-state index >= 15 is 0 Å². The number of hydrogen-bond donors (Lipinski definition) is 2. The number of hydrogen-bond acceptors (Lipinski definition) is 3. The van der Waals surface area contributed by atoms with Gasteiger partial charge in [0.2, 0.25) is 0 Å². The first kappa shape index (κ1) is 13.0. The number of amides is 1. The summed E-state index contributed by atoms with van der Waals surface area (Å²) in [6, 6.07) is 8.71. The molecule has 1 heterocycles. The van der Waals surface area contributed by atoms with Gasteiger partial charge >= 0.3 is 0 Å². The average Bonchev–Trinajstić information content (AvgIpc) is 2.33. The molecule has 2 aromatic rings. The first-order valence-corrected chi connectivity index (χ1v) is 6.63. The first-order chi connectivity index (χ1) is 8.56. The summed E-state index contributed by atoms with van der Waals surface area (Å²) in [6.07, 6.45) is 1.45. The van der Waals surface area contributed by atoms with Crippen molar-refractivity contribution >= 4 is 49.1 Å².